The largest absolute Gasteiger partial charge is 0.455 e. The Kier molecular flexibility index (Phi) is 6.75. The van der Waals surface area contributed by atoms with Crippen LogP contribution in [-0.4, -0.2) is 18.5 Å². The summed E-state index contributed by atoms with van der Waals surface area (Å²) in [7, 11) is 0. The van der Waals surface area contributed by atoms with Crippen LogP contribution in [0, 0.1) is 19.7 Å². The van der Waals surface area contributed by atoms with Gasteiger partial charge in [-0.3, -0.25) is 9.59 Å². The molecule has 2 rings (SSSR count). The average Bonchev–Trinajstić information content (AvgIpc) is 2.59. The van der Waals surface area contributed by atoms with Crippen LogP contribution in [0.2, 0.25) is 5.02 Å². The third-order valence-electron chi connectivity index (χ3n) is 4.16. The first-order valence-corrected chi connectivity index (χ1v) is 8.60. The van der Waals surface area contributed by atoms with Gasteiger partial charge in [0.1, 0.15) is 5.82 Å². The van der Waals surface area contributed by atoms with Crippen LogP contribution in [0.1, 0.15) is 35.2 Å². The van der Waals surface area contributed by atoms with Crippen molar-refractivity contribution in [1.82, 2.24) is 5.32 Å². The molecule has 0 unspecified atom stereocenters. The van der Waals surface area contributed by atoms with Crippen molar-refractivity contribution in [2.45, 2.75) is 33.2 Å². The monoisotopic (exact) mass is 377 g/mol. The normalized spacial score (nSPS) is 11.7. The summed E-state index contributed by atoms with van der Waals surface area (Å²) < 4.78 is 18.6. The Hall–Kier alpha value is -2.40. The number of nitrogens with one attached hydrogen (secondary N) is 1. The topological polar surface area (TPSA) is 55.4 Å². The molecule has 0 saturated carbocycles. The molecule has 26 heavy (non-hydrogen) atoms. The van der Waals surface area contributed by atoms with Gasteiger partial charge in [0, 0.05) is 10.6 Å². The van der Waals surface area contributed by atoms with Gasteiger partial charge < -0.3 is 10.1 Å². The number of hydrogen-bond acceptors (Lipinski definition) is 3. The van der Waals surface area contributed by atoms with E-state index in [1.807, 2.05) is 39.0 Å². The van der Waals surface area contributed by atoms with Crippen molar-refractivity contribution in [1.29, 1.82) is 0 Å². The van der Waals surface area contributed by atoms with Crippen molar-refractivity contribution in [2.24, 2.45) is 0 Å². The molecule has 2 aromatic carbocycles. The molecule has 0 aliphatic heterocycles. The van der Waals surface area contributed by atoms with Gasteiger partial charge >= 0.3 is 5.97 Å². The van der Waals surface area contributed by atoms with E-state index in [1.54, 1.807) is 0 Å². The van der Waals surface area contributed by atoms with E-state index in [9.17, 15) is 14.0 Å². The van der Waals surface area contributed by atoms with Gasteiger partial charge in [0.25, 0.3) is 5.91 Å². The standard InChI is InChI=1S/C20H21ClFNO3/c1-12-7-8-15(9-13(12)2)14(3)23-19(24)11-26-20(25)10-16-17(21)5-4-6-18(16)22/h4-9,14H,10-11H2,1-3H3,(H,23,24)/t14-/m1/s1. The lowest BCUT2D eigenvalue weighted by molar-refractivity contribution is -0.148. The molecule has 1 N–H and O–H groups in total. The number of ether oxygens (including phenoxy) is 1. The van der Waals surface area contributed by atoms with E-state index < -0.39 is 24.3 Å². The molecule has 0 fully saturated rings. The smallest absolute Gasteiger partial charge is 0.310 e. The van der Waals surface area contributed by atoms with E-state index in [2.05, 4.69) is 5.32 Å². The number of aryl methyl sites for hydroxylation is 2. The first-order valence-electron chi connectivity index (χ1n) is 8.23. The molecule has 2 aromatic rings. The zero-order chi connectivity index (χ0) is 19.3. The van der Waals surface area contributed by atoms with Crippen molar-refractivity contribution < 1.29 is 18.7 Å². The molecule has 0 radical (unpaired) electrons. The number of halogens is 2. The van der Waals surface area contributed by atoms with Crippen LogP contribution in [0.15, 0.2) is 36.4 Å². The van der Waals surface area contributed by atoms with Crippen LogP contribution in [0.4, 0.5) is 4.39 Å². The van der Waals surface area contributed by atoms with Gasteiger partial charge in [-0.25, -0.2) is 4.39 Å². The highest BCUT2D eigenvalue weighted by Gasteiger charge is 2.15. The van der Waals surface area contributed by atoms with Gasteiger partial charge in [0.2, 0.25) is 0 Å². The maximum Gasteiger partial charge on any atom is 0.310 e. The van der Waals surface area contributed by atoms with Crippen LogP contribution in [0.25, 0.3) is 0 Å². The fraction of sp³-hybridized carbons (Fsp3) is 0.300. The molecule has 0 aromatic heterocycles. The molecule has 6 heteroatoms. The quantitative estimate of drug-likeness (QED) is 0.772. The maximum absolute atomic E-state index is 13.7. The summed E-state index contributed by atoms with van der Waals surface area (Å²) in [6.07, 6.45) is -0.328. The molecule has 0 aliphatic rings. The fourth-order valence-corrected chi connectivity index (χ4v) is 2.67. The minimum atomic E-state index is -0.717. The molecule has 138 valence electrons. The first kappa shape index (κ1) is 19.9. The Morgan fingerprint density at radius 3 is 2.58 bits per heavy atom. The summed E-state index contributed by atoms with van der Waals surface area (Å²) in [6, 6.07) is 9.88. The van der Waals surface area contributed by atoms with Crippen LogP contribution >= 0.6 is 11.6 Å². The zero-order valence-electron chi connectivity index (χ0n) is 14.9. The van der Waals surface area contributed by atoms with Crippen molar-refractivity contribution >= 4 is 23.5 Å². The highest BCUT2D eigenvalue weighted by molar-refractivity contribution is 6.31. The predicted octanol–water partition coefficient (Wildman–Crippen LogP) is 4.06. The molecular formula is C20H21ClFNO3. The fourth-order valence-electron chi connectivity index (χ4n) is 2.44. The van der Waals surface area contributed by atoms with E-state index in [0.717, 1.165) is 11.1 Å². The van der Waals surface area contributed by atoms with E-state index in [4.69, 9.17) is 16.3 Å². The Labute approximate surface area is 157 Å². The molecule has 0 aliphatic carbocycles. The number of carbonyl (C=O) groups excluding carboxylic acids is 2. The van der Waals surface area contributed by atoms with Crippen LogP contribution < -0.4 is 5.32 Å². The summed E-state index contributed by atoms with van der Waals surface area (Å²) in [5.74, 6) is -1.73. The molecule has 1 atom stereocenters. The van der Waals surface area contributed by atoms with Gasteiger partial charge in [0.05, 0.1) is 12.5 Å². The third-order valence-corrected chi connectivity index (χ3v) is 4.51. The third kappa shape index (κ3) is 5.30. The highest BCUT2D eigenvalue weighted by atomic mass is 35.5. The van der Waals surface area contributed by atoms with Crippen LogP contribution in [0.3, 0.4) is 0 Å². The van der Waals surface area contributed by atoms with Gasteiger partial charge in [-0.2, -0.15) is 0 Å². The van der Waals surface area contributed by atoms with Crippen molar-refractivity contribution in [3.8, 4) is 0 Å². The lowest BCUT2D eigenvalue weighted by Crippen LogP contribution is -2.31. The second kappa shape index (κ2) is 8.81. The van der Waals surface area contributed by atoms with Gasteiger partial charge in [-0.1, -0.05) is 35.9 Å². The number of amides is 1. The van der Waals surface area contributed by atoms with Crippen molar-refractivity contribution in [2.75, 3.05) is 6.61 Å². The molecule has 0 spiro atoms. The van der Waals surface area contributed by atoms with Crippen LogP contribution in [0.5, 0.6) is 0 Å². The summed E-state index contributed by atoms with van der Waals surface area (Å²) in [6.45, 7) is 5.44. The number of hydrogen-bond donors (Lipinski definition) is 1. The van der Waals surface area contributed by atoms with Crippen molar-refractivity contribution in [3.05, 3.63) is 69.5 Å². The molecule has 0 bridgehead atoms. The Morgan fingerprint density at radius 2 is 1.92 bits per heavy atom. The first-order chi connectivity index (χ1) is 12.3. The van der Waals surface area contributed by atoms with Gasteiger partial charge in [0.15, 0.2) is 6.61 Å². The van der Waals surface area contributed by atoms with E-state index >= 15 is 0 Å². The summed E-state index contributed by atoms with van der Waals surface area (Å²) >= 11 is 5.87. The van der Waals surface area contributed by atoms with Gasteiger partial charge in [-0.05, 0) is 49.6 Å². The summed E-state index contributed by atoms with van der Waals surface area (Å²) in [4.78, 5) is 23.8. The second-order valence-corrected chi connectivity index (χ2v) is 6.58. The van der Waals surface area contributed by atoms with E-state index in [0.29, 0.717) is 0 Å². The van der Waals surface area contributed by atoms with E-state index in [-0.39, 0.29) is 23.0 Å². The molecule has 0 saturated heterocycles. The Balaban J connectivity index is 1.86. The predicted molar refractivity (Wildman–Crippen MR) is 98.5 cm³/mol. The average molecular weight is 378 g/mol. The zero-order valence-corrected chi connectivity index (χ0v) is 15.7. The molecule has 0 heterocycles. The Morgan fingerprint density at radius 1 is 1.19 bits per heavy atom. The molecular weight excluding hydrogens is 357 g/mol. The number of carbonyl (C=O) groups is 2. The minimum absolute atomic E-state index is 0.0584. The van der Waals surface area contributed by atoms with Gasteiger partial charge in [-0.15, -0.1) is 0 Å². The number of rotatable bonds is 6. The summed E-state index contributed by atoms with van der Waals surface area (Å²) in [5.41, 5.74) is 3.33. The molecule has 4 nitrogen and oxygen atoms in total. The summed E-state index contributed by atoms with van der Waals surface area (Å²) in [5, 5.41) is 2.92. The Bertz CT molecular complexity index is 802. The molecule has 1 amide bonds. The van der Waals surface area contributed by atoms with Crippen molar-refractivity contribution in [3.63, 3.8) is 0 Å². The van der Waals surface area contributed by atoms with E-state index in [1.165, 1.54) is 23.8 Å². The minimum Gasteiger partial charge on any atom is -0.455 e. The lowest BCUT2D eigenvalue weighted by Gasteiger charge is -2.16. The maximum atomic E-state index is 13.7. The number of esters is 1. The second-order valence-electron chi connectivity index (χ2n) is 6.17. The number of benzene rings is 2. The SMILES string of the molecule is Cc1ccc([C@@H](C)NC(=O)COC(=O)Cc2c(F)cccc2Cl)cc1C. The van der Waals surface area contributed by atoms with Crippen LogP contribution in [-0.2, 0) is 20.7 Å². The lowest BCUT2D eigenvalue weighted by atomic mass is 10.0. The highest BCUT2D eigenvalue weighted by Crippen LogP contribution is 2.20.